The van der Waals surface area contributed by atoms with Gasteiger partial charge in [-0.2, -0.15) is 5.10 Å². The Morgan fingerprint density at radius 2 is 2.12 bits per heavy atom. The van der Waals surface area contributed by atoms with E-state index in [0.29, 0.717) is 24.6 Å². The van der Waals surface area contributed by atoms with Crippen LogP contribution in [0.25, 0.3) is 0 Å². The molecule has 2 aliphatic rings. The highest BCUT2D eigenvalue weighted by Crippen LogP contribution is 2.26. The molecule has 2 aromatic rings. The van der Waals surface area contributed by atoms with Gasteiger partial charge in [-0.3, -0.25) is 14.7 Å². The van der Waals surface area contributed by atoms with Crippen molar-refractivity contribution in [2.45, 2.75) is 32.6 Å². The minimum Gasteiger partial charge on any atom is -0.491 e. The second kappa shape index (κ2) is 7.38. The van der Waals surface area contributed by atoms with Crippen molar-refractivity contribution < 1.29 is 14.3 Å². The van der Waals surface area contributed by atoms with Crippen molar-refractivity contribution in [3.63, 3.8) is 0 Å². The van der Waals surface area contributed by atoms with Gasteiger partial charge < -0.3 is 15.8 Å². The first-order valence-corrected chi connectivity index (χ1v) is 8.42. The number of aromatic amines is 1. The van der Waals surface area contributed by atoms with Gasteiger partial charge in [0, 0.05) is 11.3 Å². The van der Waals surface area contributed by atoms with Crippen LogP contribution in [0.5, 0.6) is 5.75 Å². The molecule has 1 aromatic carbocycles. The van der Waals surface area contributed by atoms with E-state index in [1.54, 1.807) is 0 Å². The molecule has 2 amide bonds. The normalized spacial score (nSPS) is 18.4. The van der Waals surface area contributed by atoms with Crippen molar-refractivity contribution in [3.8, 4) is 5.75 Å². The van der Waals surface area contributed by atoms with Crippen LogP contribution in [0.15, 0.2) is 24.3 Å². The van der Waals surface area contributed by atoms with Crippen molar-refractivity contribution in [3.05, 3.63) is 41.2 Å². The number of anilines is 1. The van der Waals surface area contributed by atoms with Crippen molar-refractivity contribution >= 4 is 17.5 Å². The molecule has 1 aliphatic carbocycles. The first-order chi connectivity index (χ1) is 12.0. The van der Waals surface area contributed by atoms with Crippen LogP contribution in [0.2, 0.25) is 0 Å². The fraction of sp³-hybridized carbons (Fsp3) is 0.389. The van der Waals surface area contributed by atoms with Crippen LogP contribution in [0.3, 0.4) is 0 Å². The van der Waals surface area contributed by atoms with E-state index < -0.39 is 5.91 Å². The summed E-state index contributed by atoms with van der Waals surface area (Å²) in [5, 5.41) is 9.57. The van der Waals surface area contributed by atoms with Crippen molar-refractivity contribution in [2.75, 3.05) is 11.9 Å². The number of aromatic nitrogens is 2. The summed E-state index contributed by atoms with van der Waals surface area (Å²) in [6.45, 7) is 2.64. The number of hydrogen-bond acceptors (Lipinski definition) is 4. The Morgan fingerprint density at radius 1 is 1.32 bits per heavy atom. The number of nitrogens with two attached hydrogens (primary N) is 1. The molecule has 7 heteroatoms. The number of carbonyl (C=O) groups excluding carboxylic acids is 2. The van der Waals surface area contributed by atoms with Gasteiger partial charge in [0.25, 0.3) is 5.91 Å². The van der Waals surface area contributed by atoms with Gasteiger partial charge in [-0.15, -0.1) is 0 Å². The molecule has 2 heterocycles. The van der Waals surface area contributed by atoms with Crippen LogP contribution in [-0.4, -0.2) is 28.6 Å². The summed E-state index contributed by atoms with van der Waals surface area (Å²) in [6, 6.07) is 7.43. The molecule has 0 fully saturated rings. The standard InChI is InChI=1S/C9H13N3O.C9H9NO2/c1-5-2-3-7-6(4-5)8(9(10)13)12-11-7;11-9-5-6-12-8-4-2-1-3-7(8)10-9/h5H,2-4H2,1H3,(H2,10,13)(H,11,12);1-4H,5-6H2,(H,10,11). The minimum absolute atomic E-state index is 0.0138. The summed E-state index contributed by atoms with van der Waals surface area (Å²) in [5.74, 6) is 0.970. The largest absolute Gasteiger partial charge is 0.491 e. The second-order valence-corrected chi connectivity index (χ2v) is 6.38. The number of primary amides is 1. The van der Waals surface area contributed by atoms with E-state index in [1.807, 2.05) is 24.3 Å². The van der Waals surface area contributed by atoms with Gasteiger partial charge in [-0.1, -0.05) is 19.1 Å². The average molecular weight is 342 g/mol. The number of para-hydroxylation sites is 2. The van der Waals surface area contributed by atoms with Crippen LogP contribution in [0, 0.1) is 5.92 Å². The van der Waals surface area contributed by atoms with Crippen LogP contribution in [0.4, 0.5) is 5.69 Å². The molecule has 1 unspecified atom stereocenters. The third-order valence-electron chi connectivity index (χ3n) is 4.37. The molecule has 4 rings (SSSR count). The van der Waals surface area contributed by atoms with Crippen LogP contribution < -0.4 is 15.8 Å². The number of fused-ring (bicyclic) bond motifs is 2. The number of nitrogens with zero attached hydrogens (tertiary/aromatic N) is 1. The minimum atomic E-state index is -0.424. The number of carbonyl (C=O) groups is 2. The van der Waals surface area contributed by atoms with E-state index in [1.165, 1.54) is 0 Å². The van der Waals surface area contributed by atoms with Crippen LogP contribution >= 0.6 is 0 Å². The van der Waals surface area contributed by atoms with E-state index in [9.17, 15) is 9.59 Å². The number of rotatable bonds is 1. The second-order valence-electron chi connectivity index (χ2n) is 6.38. The van der Waals surface area contributed by atoms with Crippen molar-refractivity contribution in [1.29, 1.82) is 0 Å². The molecule has 0 bridgehead atoms. The first kappa shape index (κ1) is 17.0. The Labute approximate surface area is 145 Å². The Bertz CT molecular complexity index is 784. The summed E-state index contributed by atoms with van der Waals surface area (Å²) < 4.78 is 5.34. The molecule has 1 aromatic heterocycles. The third kappa shape index (κ3) is 3.99. The number of aryl methyl sites for hydroxylation is 1. The highest BCUT2D eigenvalue weighted by Gasteiger charge is 2.23. The van der Waals surface area contributed by atoms with Gasteiger partial charge in [0.1, 0.15) is 5.75 Å². The fourth-order valence-electron chi connectivity index (χ4n) is 3.04. The fourth-order valence-corrected chi connectivity index (χ4v) is 3.04. The van der Waals surface area contributed by atoms with Gasteiger partial charge in [-0.05, 0) is 37.3 Å². The lowest BCUT2D eigenvalue weighted by Gasteiger charge is -2.17. The molecule has 0 spiro atoms. The van der Waals surface area contributed by atoms with Gasteiger partial charge in [0.2, 0.25) is 5.91 Å². The summed E-state index contributed by atoms with van der Waals surface area (Å²) in [7, 11) is 0. The van der Waals surface area contributed by atoms with Crippen LogP contribution in [-0.2, 0) is 17.6 Å². The highest BCUT2D eigenvalue weighted by molar-refractivity contribution is 5.93. The first-order valence-electron chi connectivity index (χ1n) is 8.42. The van der Waals surface area contributed by atoms with Gasteiger partial charge in [0.15, 0.2) is 5.69 Å². The zero-order chi connectivity index (χ0) is 17.8. The zero-order valence-electron chi connectivity index (χ0n) is 14.2. The van der Waals surface area contributed by atoms with E-state index in [2.05, 4.69) is 22.4 Å². The predicted molar refractivity (Wildman–Crippen MR) is 93.5 cm³/mol. The van der Waals surface area contributed by atoms with E-state index in [4.69, 9.17) is 10.5 Å². The summed E-state index contributed by atoms with van der Waals surface area (Å²) in [4.78, 5) is 22.0. The monoisotopic (exact) mass is 342 g/mol. The van der Waals surface area contributed by atoms with E-state index >= 15 is 0 Å². The predicted octanol–water partition coefficient (Wildman–Crippen LogP) is 2.04. The Hall–Kier alpha value is -2.83. The van der Waals surface area contributed by atoms with Crippen LogP contribution in [0.1, 0.15) is 41.5 Å². The molecule has 1 aliphatic heterocycles. The SMILES string of the molecule is CC1CCc2[nH]nc(C(N)=O)c2C1.O=C1CCOc2ccccc2N1. The maximum atomic E-state index is 11.1. The summed E-state index contributed by atoms with van der Waals surface area (Å²) >= 11 is 0. The van der Waals surface area contributed by atoms with Gasteiger partial charge in [0.05, 0.1) is 18.7 Å². The Morgan fingerprint density at radius 3 is 2.92 bits per heavy atom. The molecule has 7 nitrogen and oxygen atoms in total. The summed E-state index contributed by atoms with van der Waals surface area (Å²) in [6.07, 6.45) is 3.49. The Balaban J connectivity index is 0.000000146. The number of amides is 2. The maximum Gasteiger partial charge on any atom is 0.269 e. The van der Waals surface area contributed by atoms with Crippen molar-refractivity contribution in [1.82, 2.24) is 10.2 Å². The molecule has 25 heavy (non-hydrogen) atoms. The lowest BCUT2D eigenvalue weighted by atomic mass is 9.88. The summed E-state index contributed by atoms with van der Waals surface area (Å²) in [5.41, 5.74) is 8.53. The average Bonchev–Trinajstić information content (AvgIpc) is 2.90. The number of hydrogen-bond donors (Lipinski definition) is 3. The molecule has 0 saturated heterocycles. The highest BCUT2D eigenvalue weighted by atomic mass is 16.5. The van der Waals surface area contributed by atoms with Crippen molar-refractivity contribution in [2.24, 2.45) is 11.7 Å². The molecule has 132 valence electrons. The molecule has 1 atom stereocenters. The lowest BCUT2D eigenvalue weighted by molar-refractivity contribution is -0.116. The van der Waals surface area contributed by atoms with E-state index in [0.717, 1.165) is 42.0 Å². The number of nitrogens with one attached hydrogen (secondary N) is 2. The Kier molecular flexibility index (Phi) is 5.02. The lowest BCUT2D eigenvalue weighted by Crippen LogP contribution is -2.17. The zero-order valence-corrected chi connectivity index (χ0v) is 14.2. The number of ether oxygens (including phenoxy) is 1. The third-order valence-corrected chi connectivity index (χ3v) is 4.37. The van der Waals surface area contributed by atoms with Gasteiger partial charge in [-0.25, -0.2) is 0 Å². The molecular weight excluding hydrogens is 320 g/mol. The molecule has 4 N–H and O–H groups in total. The number of H-pyrrole nitrogens is 1. The topological polar surface area (TPSA) is 110 Å². The van der Waals surface area contributed by atoms with E-state index in [-0.39, 0.29) is 5.91 Å². The quantitative estimate of drug-likeness (QED) is 0.736. The number of benzene rings is 1. The van der Waals surface area contributed by atoms with Gasteiger partial charge >= 0.3 is 0 Å². The molecule has 0 saturated carbocycles. The smallest absolute Gasteiger partial charge is 0.269 e. The molecular formula is C18H22N4O3. The maximum absolute atomic E-state index is 11.1. The molecule has 0 radical (unpaired) electrons.